The van der Waals surface area contributed by atoms with Crippen LogP contribution in [0, 0.1) is 0 Å². The van der Waals surface area contributed by atoms with Crippen LogP contribution < -0.4 is 11.1 Å². The van der Waals surface area contributed by atoms with E-state index in [9.17, 15) is 4.79 Å². The van der Waals surface area contributed by atoms with E-state index in [1.165, 1.54) is 0 Å². The number of morpholine rings is 1. The smallest absolute Gasteiger partial charge is 0.237 e. The molecular weight excluding hydrogens is 206 g/mol. The summed E-state index contributed by atoms with van der Waals surface area (Å²) in [5, 5.41) is 2.83. The lowest BCUT2D eigenvalue weighted by Gasteiger charge is -2.37. The molecule has 3 N–H and O–H groups in total. The molecule has 16 heavy (non-hydrogen) atoms. The monoisotopic (exact) mass is 229 g/mol. The van der Waals surface area contributed by atoms with E-state index in [1.807, 2.05) is 20.8 Å². The van der Waals surface area contributed by atoms with E-state index in [0.717, 1.165) is 13.1 Å². The van der Waals surface area contributed by atoms with Gasteiger partial charge in [0.15, 0.2) is 0 Å². The van der Waals surface area contributed by atoms with Gasteiger partial charge in [-0.1, -0.05) is 0 Å². The topological polar surface area (TPSA) is 67.6 Å². The molecule has 1 amide bonds. The van der Waals surface area contributed by atoms with Gasteiger partial charge >= 0.3 is 0 Å². The Balaban J connectivity index is 2.49. The molecule has 1 aliphatic rings. The molecule has 1 fully saturated rings. The van der Waals surface area contributed by atoms with Gasteiger partial charge in [0.05, 0.1) is 18.8 Å². The summed E-state index contributed by atoms with van der Waals surface area (Å²) in [6.45, 7) is 8.63. The number of rotatable bonds is 4. The maximum Gasteiger partial charge on any atom is 0.237 e. The Hall–Kier alpha value is -0.650. The minimum absolute atomic E-state index is 0.00392. The SMILES string of the molecule is CCNC(=O)C(C)N1CCOC(C(C)N)C1. The normalized spacial score (nSPS) is 26.1. The van der Waals surface area contributed by atoms with E-state index in [1.54, 1.807) is 0 Å². The van der Waals surface area contributed by atoms with E-state index < -0.39 is 0 Å². The highest BCUT2D eigenvalue weighted by Gasteiger charge is 2.29. The fourth-order valence-corrected chi connectivity index (χ4v) is 1.85. The lowest BCUT2D eigenvalue weighted by Crippen LogP contribution is -2.55. The van der Waals surface area contributed by atoms with Crippen molar-refractivity contribution in [3.63, 3.8) is 0 Å². The molecule has 1 heterocycles. The molecule has 0 bridgehead atoms. The molecule has 0 aromatic carbocycles. The average Bonchev–Trinajstić information content (AvgIpc) is 2.28. The van der Waals surface area contributed by atoms with Crippen LogP contribution in [0.4, 0.5) is 0 Å². The zero-order chi connectivity index (χ0) is 12.1. The molecular formula is C11H23N3O2. The van der Waals surface area contributed by atoms with Crippen molar-refractivity contribution in [3.05, 3.63) is 0 Å². The third kappa shape index (κ3) is 3.43. The zero-order valence-corrected chi connectivity index (χ0v) is 10.4. The van der Waals surface area contributed by atoms with Gasteiger partial charge in [-0.3, -0.25) is 9.69 Å². The van der Waals surface area contributed by atoms with Crippen molar-refractivity contribution in [3.8, 4) is 0 Å². The summed E-state index contributed by atoms with van der Waals surface area (Å²) in [6.07, 6.45) is 0.0330. The molecule has 0 radical (unpaired) electrons. The number of nitrogens with one attached hydrogen (secondary N) is 1. The Morgan fingerprint density at radius 1 is 1.62 bits per heavy atom. The Labute approximate surface area is 97.3 Å². The third-order valence-electron chi connectivity index (χ3n) is 2.99. The second-order valence-electron chi connectivity index (χ2n) is 4.33. The van der Waals surface area contributed by atoms with Crippen LogP contribution in [-0.2, 0) is 9.53 Å². The quantitative estimate of drug-likeness (QED) is 0.686. The molecule has 0 spiro atoms. The first kappa shape index (κ1) is 13.4. The Kier molecular flexibility index (Phi) is 5.18. The van der Waals surface area contributed by atoms with Crippen molar-refractivity contribution in [1.29, 1.82) is 0 Å². The van der Waals surface area contributed by atoms with E-state index in [2.05, 4.69) is 10.2 Å². The van der Waals surface area contributed by atoms with Gasteiger partial charge in [-0.2, -0.15) is 0 Å². The molecule has 1 aliphatic heterocycles. The van der Waals surface area contributed by atoms with Crippen molar-refractivity contribution in [2.24, 2.45) is 5.73 Å². The number of carbonyl (C=O) groups excluding carboxylic acids is 1. The van der Waals surface area contributed by atoms with E-state index in [4.69, 9.17) is 10.5 Å². The Morgan fingerprint density at radius 2 is 2.31 bits per heavy atom. The number of carbonyl (C=O) groups is 1. The predicted molar refractivity (Wildman–Crippen MR) is 63.1 cm³/mol. The molecule has 0 aromatic rings. The summed E-state index contributed by atoms with van der Waals surface area (Å²) >= 11 is 0. The molecule has 0 aliphatic carbocycles. The maximum absolute atomic E-state index is 11.7. The van der Waals surface area contributed by atoms with Gasteiger partial charge in [0.25, 0.3) is 0 Å². The number of amides is 1. The molecule has 3 atom stereocenters. The second-order valence-corrected chi connectivity index (χ2v) is 4.33. The fourth-order valence-electron chi connectivity index (χ4n) is 1.85. The summed E-state index contributed by atoms with van der Waals surface area (Å²) in [6, 6.07) is -0.102. The lowest BCUT2D eigenvalue weighted by atomic mass is 10.1. The van der Waals surface area contributed by atoms with Gasteiger partial charge in [-0.15, -0.1) is 0 Å². The van der Waals surface area contributed by atoms with Crippen LogP contribution in [-0.4, -0.2) is 55.2 Å². The number of ether oxygens (including phenoxy) is 1. The Bertz CT molecular complexity index is 233. The highest BCUT2D eigenvalue weighted by Crippen LogP contribution is 2.11. The van der Waals surface area contributed by atoms with Crippen LogP contribution in [0.25, 0.3) is 0 Å². The first-order chi connectivity index (χ1) is 7.56. The van der Waals surface area contributed by atoms with Crippen LogP contribution in [0.1, 0.15) is 20.8 Å². The largest absolute Gasteiger partial charge is 0.374 e. The molecule has 0 aromatic heterocycles. The highest BCUT2D eigenvalue weighted by atomic mass is 16.5. The number of nitrogens with zero attached hydrogens (tertiary/aromatic N) is 1. The fraction of sp³-hybridized carbons (Fsp3) is 0.909. The second kappa shape index (κ2) is 6.18. The third-order valence-corrected chi connectivity index (χ3v) is 2.99. The van der Waals surface area contributed by atoms with Gasteiger partial charge in [0.2, 0.25) is 5.91 Å². The van der Waals surface area contributed by atoms with Crippen molar-refractivity contribution < 1.29 is 9.53 Å². The van der Waals surface area contributed by atoms with E-state index >= 15 is 0 Å². The first-order valence-corrected chi connectivity index (χ1v) is 5.95. The van der Waals surface area contributed by atoms with Crippen molar-refractivity contribution in [2.45, 2.75) is 39.0 Å². The van der Waals surface area contributed by atoms with Gasteiger partial charge in [0.1, 0.15) is 0 Å². The molecule has 3 unspecified atom stereocenters. The molecule has 5 nitrogen and oxygen atoms in total. The van der Waals surface area contributed by atoms with Crippen LogP contribution in [0.3, 0.4) is 0 Å². The molecule has 5 heteroatoms. The van der Waals surface area contributed by atoms with Gasteiger partial charge < -0.3 is 15.8 Å². The van der Waals surface area contributed by atoms with Crippen molar-refractivity contribution in [2.75, 3.05) is 26.2 Å². The highest BCUT2D eigenvalue weighted by molar-refractivity contribution is 5.81. The molecule has 1 saturated heterocycles. The average molecular weight is 229 g/mol. The van der Waals surface area contributed by atoms with Crippen LogP contribution in [0.15, 0.2) is 0 Å². The van der Waals surface area contributed by atoms with Crippen molar-refractivity contribution in [1.82, 2.24) is 10.2 Å². The summed E-state index contributed by atoms with van der Waals surface area (Å²) in [5.74, 6) is 0.0767. The number of hydrogen-bond acceptors (Lipinski definition) is 4. The van der Waals surface area contributed by atoms with Gasteiger partial charge in [0, 0.05) is 25.7 Å². The van der Waals surface area contributed by atoms with E-state index in [0.29, 0.717) is 13.2 Å². The molecule has 0 saturated carbocycles. The van der Waals surface area contributed by atoms with Gasteiger partial charge in [-0.05, 0) is 20.8 Å². The van der Waals surface area contributed by atoms with Crippen molar-refractivity contribution >= 4 is 5.91 Å². The first-order valence-electron chi connectivity index (χ1n) is 5.95. The predicted octanol–water partition coefficient (Wildman–Crippen LogP) is -0.441. The lowest BCUT2D eigenvalue weighted by molar-refractivity contribution is -0.129. The number of nitrogens with two attached hydrogens (primary N) is 1. The number of hydrogen-bond donors (Lipinski definition) is 2. The minimum Gasteiger partial charge on any atom is -0.374 e. The molecule has 94 valence electrons. The van der Waals surface area contributed by atoms with Crippen LogP contribution in [0.5, 0.6) is 0 Å². The standard InChI is InChI=1S/C11H23N3O2/c1-4-13-11(15)9(3)14-5-6-16-10(7-14)8(2)12/h8-10H,4-7,12H2,1-3H3,(H,13,15). The number of likely N-dealkylation sites (N-methyl/N-ethyl adjacent to an activating group) is 1. The minimum atomic E-state index is -0.106. The molecule has 1 rings (SSSR count). The summed E-state index contributed by atoms with van der Waals surface area (Å²) in [4.78, 5) is 13.8. The van der Waals surface area contributed by atoms with Crippen LogP contribution in [0.2, 0.25) is 0 Å². The van der Waals surface area contributed by atoms with E-state index in [-0.39, 0.29) is 24.1 Å². The summed E-state index contributed by atoms with van der Waals surface area (Å²) < 4.78 is 5.56. The van der Waals surface area contributed by atoms with Crippen LogP contribution >= 0.6 is 0 Å². The van der Waals surface area contributed by atoms with Gasteiger partial charge in [-0.25, -0.2) is 0 Å². The Morgan fingerprint density at radius 3 is 2.88 bits per heavy atom. The summed E-state index contributed by atoms with van der Waals surface area (Å²) in [7, 11) is 0. The maximum atomic E-state index is 11.7. The zero-order valence-electron chi connectivity index (χ0n) is 10.4. The summed E-state index contributed by atoms with van der Waals surface area (Å²) in [5.41, 5.74) is 5.81.